The van der Waals surface area contributed by atoms with Crippen molar-refractivity contribution < 1.29 is 19.7 Å². The number of phenolic OH excluding ortho intramolecular Hbond substituents is 1. The standard InChI is InChI=1S/C35H62O4/c1-8-9-10-11-12-13-14-15-16-17-18-19-20-21-22-23-24-28(27-32(36)37)39-29-25-30(34(2,3)4)33(38)31(26-29)35(5,6)7/h25-26,28,38H,8-24,27H2,1-7H3,(H,36,37). The van der Waals surface area contributed by atoms with E-state index in [2.05, 4.69) is 48.5 Å². The Hall–Kier alpha value is -1.71. The predicted molar refractivity (Wildman–Crippen MR) is 166 cm³/mol. The van der Waals surface area contributed by atoms with Crippen LogP contribution in [0.4, 0.5) is 0 Å². The van der Waals surface area contributed by atoms with Crippen LogP contribution in [0.15, 0.2) is 12.1 Å². The van der Waals surface area contributed by atoms with Crippen LogP contribution in [0.25, 0.3) is 0 Å². The SMILES string of the molecule is CCCCCCCCCCCCCCCCCCC(CC(=O)O)Oc1cc(C(C)(C)C)c(O)c(C(C)(C)C)c1. The van der Waals surface area contributed by atoms with E-state index < -0.39 is 5.97 Å². The van der Waals surface area contributed by atoms with Gasteiger partial charge < -0.3 is 14.9 Å². The molecule has 0 heterocycles. The number of hydrogen-bond donors (Lipinski definition) is 2. The molecule has 1 atom stereocenters. The number of ether oxygens (including phenoxy) is 1. The fourth-order valence-electron chi connectivity index (χ4n) is 5.33. The molecule has 1 rings (SSSR count). The first kappa shape index (κ1) is 35.3. The van der Waals surface area contributed by atoms with Gasteiger partial charge in [0.2, 0.25) is 0 Å². The molecular weight excluding hydrogens is 484 g/mol. The Morgan fingerprint density at radius 1 is 0.692 bits per heavy atom. The quantitative estimate of drug-likeness (QED) is 0.150. The van der Waals surface area contributed by atoms with Gasteiger partial charge in [-0.1, -0.05) is 145 Å². The topological polar surface area (TPSA) is 66.8 Å². The molecule has 226 valence electrons. The van der Waals surface area contributed by atoms with Gasteiger partial charge in [-0.2, -0.15) is 0 Å². The van der Waals surface area contributed by atoms with Gasteiger partial charge in [0.05, 0.1) is 6.42 Å². The van der Waals surface area contributed by atoms with Crippen LogP contribution in [0.5, 0.6) is 11.5 Å². The minimum atomic E-state index is -0.831. The van der Waals surface area contributed by atoms with Crippen molar-refractivity contribution in [2.24, 2.45) is 0 Å². The lowest BCUT2D eigenvalue weighted by atomic mass is 9.79. The Morgan fingerprint density at radius 2 is 1.05 bits per heavy atom. The molecule has 0 saturated carbocycles. The maximum absolute atomic E-state index is 11.6. The summed E-state index contributed by atoms with van der Waals surface area (Å²) in [4.78, 5) is 11.6. The Morgan fingerprint density at radius 3 is 1.38 bits per heavy atom. The van der Waals surface area contributed by atoms with Crippen molar-refractivity contribution in [1.82, 2.24) is 0 Å². The summed E-state index contributed by atoms with van der Waals surface area (Å²) in [5.41, 5.74) is 1.17. The third-order valence-electron chi connectivity index (χ3n) is 7.78. The largest absolute Gasteiger partial charge is 0.507 e. The molecule has 1 unspecified atom stereocenters. The van der Waals surface area contributed by atoms with Crippen molar-refractivity contribution in [2.45, 2.75) is 181 Å². The number of carboxylic acids is 1. The molecule has 39 heavy (non-hydrogen) atoms. The fourth-order valence-corrected chi connectivity index (χ4v) is 5.33. The van der Waals surface area contributed by atoms with E-state index in [0.29, 0.717) is 11.5 Å². The fraction of sp³-hybridized carbons (Fsp3) is 0.800. The molecule has 0 amide bonds. The number of hydrogen-bond acceptors (Lipinski definition) is 3. The zero-order valence-corrected chi connectivity index (χ0v) is 26.7. The third-order valence-corrected chi connectivity index (χ3v) is 7.78. The van der Waals surface area contributed by atoms with Gasteiger partial charge in [0.15, 0.2) is 0 Å². The van der Waals surface area contributed by atoms with E-state index >= 15 is 0 Å². The summed E-state index contributed by atoms with van der Waals surface area (Å²) in [6.07, 6.45) is 21.5. The van der Waals surface area contributed by atoms with Crippen LogP contribution in [-0.2, 0) is 15.6 Å². The number of carbonyl (C=O) groups is 1. The van der Waals surface area contributed by atoms with Crippen LogP contribution < -0.4 is 4.74 Å². The molecule has 0 saturated heterocycles. The molecule has 1 aromatic carbocycles. The van der Waals surface area contributed by atoms with Gasteiger partial charge in [0.1, 0.15) is 17.6 Å². The van der Waals surface area contributed by atoms with E-state index in [9.17, 15) is 15.0 Å². The zero-order valence-electron chi connectivity index (χ0n) is 26.7. The van der Waals surface area contributed by atoms with Gasteiger partial charge in [-0.15, -0.1) is 0 Å². The van der Waals surface area contributed by atoms with Crippen molar-refractivity contribution in [1.29, 1.82) is 0 Å². The minimum Gasteiger partial charge on any atom is -0.507 e. The summed E-state index contributed by atoms with van der Waals surface area (Å²) in [6.45, 7) is 14.7. The summed E-state index contributed by atoms with van der Waals surface area (Å²) in [5, 5.41) is 20.5. The van der Waals surface area contributed by atoms with E-state index in [0.717, 1.165) is 30.4 Å². The van der Waals surface area contributed by atoms with Crippen molar-refractivity contribution in [3.05, 3.63) is 23.3 Å². The molecule has 0 radical (unpaired) electrons. The molecule has 4 heteroatoms. The Balaban J connectivity index is 2.40. The second kappa shape index (κ2) is 18.6. The second-order valence-corrected chi connectivity index (χ2v) is 13.8. The Kier molecular flexibility index (Phi) is 16.8. The smallest absolute Gasteiger partial charge is 0.307 e. The van der Waals surface area contributed by atoms with Gasteiger partial charge in [0.25, 0.3) is 0 Å². The lowest BCUT2D eigenvalue weighted by molar-refractivity contribution is -0.138. The van der Waals surface area contributed by atoms with Gasteiger partial charge in [-0.05, 0) is 35.8 Å². The average molecular weight is 547 g/mol. The van der Waals surface area contributed by atoms with Gasteiger partial charge in [-0.3, -0.25) is 4.79 Å². The third kappa shape index (κ3) is 15.6. The lowest BCUT2D eigenvalue weighted by Crippen LogP contribution is -2.22. The molecule has 0 spiro atoms. The molecule has 0 aliphatic carbocycles. The lowest BCUT2D eigenvalue weighted by Gasteiger charge is -2.29. The van der Waals surface area contributed by atoms with Crippen molar-refractivity contribution in [2.75, 3.05) is 0 Å². The number of rotatable bonds is 21. The molecular formula is C35H62O4. The van der Waals surface area contributed by atoms with Crippen molar-refractivity contribution in [3.8, 4) is 11.5 Å². The molecule has 1 aromatic rings. The van der Waals surface area contributed by atoms with Crippen LogP contribution in [0.1, 0.15) is 175 Å². The zero-order chi connectivity index (χ0) is 29.3. The minimum absolute atomic E-state index is 0.00464. The second-order valence-electron chi connectivity index (χ2n) is 13.8. The van der Waals surface area contributed by atoms with E-state index in [1.807, 2.05) is 12.1 Å². The monoisotopic (exact) mass is 546 g/mol. The van der Waals surface area contributed by atoms with Crippen molar-refractivity contribution >= 4 is 5.97 Å². The summed E-state index contributed by atoms with van der Waals surface area (Å²) >= 11 is 0. The number of unbranched alkanes of at least 4 members (excludes halogenated alkanes) is 15. The highest BCUT2D eigenvalue weighted by atomic mass is 16.5. The summed E-state index contributed by atoms with van der Waals surface area (Å²) in [5.74, 6) is 0.141. The molecule has 0 aliphatic rings. The highest BCUT2D eigenvalue weighted by molar-refractivity contribution is 5.67. The van der Waals surface area contributed by atoms with E-state index in [4.69, 9.17) is 4.74 Å². The molecule has 0 aromatic heterocycles. The Bertz CT molecular complexity index is 765. The maximum atomic E-state index is 11.6. The number of aromatic hydroxyl groups is 1. The van der Waals surface area contributed by atoms with Crippen LogP contribution >= 0.6 is 0 Å². The summed E-state index contributed by atoms with van der Waals surface area (Å²) < 4.78 is 6.28. The van der Waals surface area contributed by atoms with Crippen LogP contribution in [-0.4, -0.2) is 22.3 Å². The number of benzene rings is 1. The van der Waals surface area contributed by atoms with Crippen LogP contribution in [0, 0.1) is 0 Å². The highest BCUT2D eigenvalue weighted by Crippen LogP contribution is 2.42. The first-order valence-electron chi connectivity index (χ1n) is 16.1. The summed E-state index contributed by atoms with van der Waals surface area (Å²) in [7, 11) is 0. The van der Waals surface area contributed by atoms with E-state index in [1.165, 1.54) is 89.9 Å². The number of carboxylic acid groups (broad SMARTS) is 1. The number of phenols is 1. The highest BCUT2D eigenvalue weighted by Gasteiger charge is 2.28. The molecule has 0 aliphatic heterocycles. The van der Waals surface area contributed by atoms with E-state index in [1.54, 1.807) is 0 Å². The summed E-state index contributed by atoms with van der Waals surface area (Å²) in [6, 6.07) is 3.79. The van der Waals surface area contributed by atoms with Crippen LogP contribution in [0.2, 0.25) is 0 Å². The average Bonchev–Trinajstić information content (AvgIpc) is 2.82. The maximum Gasteiger partial charge on any atom is 0.307 e. The predicted octanol–water partition coefficient (Wildman–Crippen LogP) is 10.9. The first-order valence-corrected chi connectivity index (χ1v) is 16.1. The molecule has 0 fully saturated rings. The normalized spacial score (nSPS) is 13.0. The van der Waals surface area contributed by atoms with Crippen molar-refractivity contribution in [3.63, 3.8) is 0 Å². The molecule has 0 bridgehead atoms. The van der Waals surface area contributed by atoms with Crippen LogP contribution in [0.3, 0.4) is 0 Å². The Labute approximate surface area is 241 Å². The van der Waals surface area contributed by atoms with E-state index in [-0.39, 0.29) is 23.4 Å². The van der Waals surface area contributed by atoms with Gasteiger partial charge in [0, 0.05) is 11.1 Å². The molecule has 2 N–H and O–H groups in total. The van der Waals surface area contributed by atoms with Gasteiger partial charge >= 0.3 is 5.97 Å². The first-order chi connectivity index (χ1) is 18.4. The number of aliphatic carboxylic acids is 1. The van der Waals surface area contributed by atoms with Gasteiger partial charge in [-0.25, -0.2) is 0 Å². The molecule has 4 nitrogen and oxygen atoms in total.